The molecule has 0 aliphatic heterocycles. The van der Waals surface area contributed by atoms with Crippen LogP contribution in [0.4, 0.5) is 5.82 Å². The fourth-order valence-corrected chi connectivity index (χ4v) is 2.23. The van der Waals surface area contributed by atoms with Gasteiger partial charge in [0.1, 0.15) is 0 Å². The van der Waals surface area contributed by atoms with Gasteiger partial charge in [-0.15, -0.1) is 10.2 Å². The van der Waals surface area contributed by atoms with Crippen LogP contribution in [-0.2, 0) is 17.8 Å². The minimum atomic E-state index is -0.578. The van der Waals surface area contributed by atoms with Crippen molar-refractivity contribution in [1.29, 1.82) is 0 Å². The van der Waals surface area contributed by atoms with Crippen LogP contribution in [0.2, 0.25) is 0 Å². The lowest BCUT2D eigenvalue weighted by Crippen LogP contribution is -2.14. The lowest BCUT2D eigenvalue weighted by Gasteiger charge is -2.04. The van der Waals surface area contributed by atoms with Crippen molar-refractivity contribution in [1.82, 2.24) is 25.2 Å². The third kappa shape index (κ3) is 4.34. The van der Waals surface area contributed by atoms with Crippen molar-refractivity contribution in [3.63, 3.8) is 0 Å². The van der Waals surface area contributed by atoms with E-state index in [1.807, 2.05) is 6.07 Å². The number of hydrogen-bond donors (Lipinski definition) is 2. The second-order valence-electron chi connectivity index (χ2n) is 5.86. The molecule has 0 radical (unpaired) electrons. The molecule has 2 aromatic rings. The highest BCUT2D eigenvalue weighted by Crippen LogP contribution is 2.29. The zero-order chi connectivity index (χ0) is 16.9. The van der Waals surface area contributed by atoms with E-state index in [9.17, 15) is 9.59 Å². The van der Waals surface area contributed by atoms with Gasteiger partial charge >= 0.3 is 0 Å². The van der Waals surface area contributed by atoms with Crippen molar-refractivity contribution in [2.45, 2.75) is 38.6 Å². The summed E-state index contributed by atoms with van der Waals surface area (Å²) < 4.78 is 1.60. The summed E-state index contributed by atoms with van der Waals surface area (Å²) in [6.07, 6.45) is 6.01. The van der Waals surface area contributed by atoms with E-state index in [0.717, 1.165) is 37.8 Å². The SMILES string of the molecule is NC(=O)c1cn(CCCCc2ccc(NC(=O)C3CC3)nn2)nn1. The Bertz CT molecular complexity index is 722. The van der Waals surface area contributed by atoms with Crippen molar-refractivity contribution >= 4 is 17.6 Å². The highest BCUT2D eigenvalue weighted by atomic mass is 16.2. The molecule has 0 spiro atoms. The summed E-state index contributed by atoms with van der Waals surface area (Å²) in [6, 6.07) is 3.65. The maximum Gasteiger partial charge on any atom is 0.270 e. The van der Waals surface area contributed by atoms with Gasteiger partial charge < -0.3 is 11.1 Å². The second kappa shape index (κ2) is 7.16. The largest absolute Gasteiger partial charge is 0.364 e. The number of aromatic nitrogens is 5. The Kier molecular flexibility index (Phi) is 4.78. The molecule has 0 unspecified atom stereocenters. The van der Waals surface area contributed by atoms with E-state index in [-0.39, 0.29) is 17.5 Å². The summed E-state index contributed by atoms with van der Waals surface area (Å²) >= 11 is 0. The van der Waals surface area contributed by atoms with E-state index in [4.69, 9.17) is 5.73 Å². The van der Waals surface area contributed by atoms with Gasteiger partial charge in [0.2, 0.25) is 5.91 Å². The lowest BCUT2D eigenvalue weighted by atomic mass is 10.2. The van der Waals surface area contributed by atoms with Crippen LogP contribution >= 0.6 is 0 Å². The number of rotatable bonds is 8. The van der Waals surface area contributed by atoms with Gasteiger partial charge in [-0.05, 0) is 44.2 Å². The molecule has 3 N–H and O–H groups in total. The van der Waals surface area contributed by atoms with Crippen molar-refractivity contribution in [2.24, 2.45) is 11.7 Å². The molecule has 0 bridgehead atoms. The van der Waals surface area contributed by atoms with E-state index in [2.05, 4.69) is 25.8 Å². The Morgan fingerprint density at radius 1 is 1.21 bits per heavy atom. The monoisotopic (exact) mass is 329 g/mol. The Morgan fingerprint density at radius 3 is 2.67 bits per heavy atom. The first-order valence-electron chi connectivity index (χ1n) is 7.95. The molecule has 1 fully saturated rings. The van der Waals surface area contributed by atoms with Gasteiger partial charge in [0.15, 0.2) is 11.5 Å². The average molecular weight is 329 g/mol. The van der Waals surface area contributed by atoms with Gasteiger partial charge in [-0.25, -0.2) is 0 Å². The smallest absolute Gasteiger partial charge is 0.270 e. The maximum atomic E-state index is 11.6. The van der Waals surface area contributed by atoms with E-state index in [1.54, 1.807) is 16.9 Å². The van der Waals surface area contributed by atoms with E-state index < -0.39 is 5.91 Å². The number of anilines is 1. The Hall–Kier alpha value is -2.84. The summed E-state index contributed by atoms with van der Waals surface area (Å²) in [5.74, 6) is 0.0983. The van der Waals surface area contributed by atoms with E-state index in [1.165, 1.54) is 0 Å². The average Bonchev–Trinajstić information content (AvgIpc) is 3.31. The third-order valence-corrected chi connectivity index (χ3v) is 3.78. The first-order valence-corrected chi connectivity index (χ1v) is 7.95. The molecular weight excluding hydrogens is 310 g/mol. The van der Waals surface area contributed by atoms with Crippen LogP contribution in [0.25, 0.3) is 0 Å². The number of primary amides is 1. The molecule has 1 aliphatic rings. The quantitative estimate of drug-likeness (QED) is 0.680. The van der Waals surface area contributed by atoms with Crippen molar-refractivity contribution in [2.75, 3.05) is 5.32 Å². The van der Waals surface area contributed by atoms with Crippen LogP contribution in [0.3, 0.4) is 0 Å². The highest BCUT2D eigenvalue weighted by Gasteiger charge is 2.29. The minimum absolute atomic E-state index is 0.0280. The molecule has 126 valence electrons. The van der Waals surface area contributed by atoms with Gasteiger partial charge in [-0.2, -0.15) is 5.10 Å². The molecule has 1 saturated carbocycles. The summed E-state index contributed by atoms with van der Waals surface area (Å²) in [5.41, 5.74) is 6.17. The predicted molar refractivity (Wildman–Crippen MR) is 84.9 cm³/mol. The van der Waals surface area contributed by atoms with Gasteiger partial charge in [0.05, 0.1) is 11.9 Å². The van der Waals surface area contributed by atoms with Gasteiger partial charge in [0, 0.05) is 12.5 Å². The van der Waals surface area contributed by atoms with Crippen LogP contribution in [0, 0.1) is 5.92 Å². The number of nitrogens with two attached hydrogens (primary N) is 1. The standard InChI is InChI=1S/C15H19N7O2/c16-14(23)12-9-22(21-19-12)8-2-1-3-11-6-7-13(20-18-11)17-15(24)10-4-5-10/h6-7,9-10H,1-5,8H2,(H2,16,23)(H,17,20,24). The zero-order valence-electron chi connectivity index (χ0n) is 13.2. The van der Waals surface area contributed by atoms with Gasteiger partial charge in [-0.3, -0.25) is 14.3 Å². The summed E-state index contributed by atoms with van der Waals surface area (Å²) in [6.45, 7) is 0.656. The number of unbranched alkanes of at least 4 members (excludes halogenated alkanes) is 1. The summed E-state index contributed by atoms with van der Waals surface area (Å²) in [4.78, 5) is 22.6. The molecule has 2 heterocycles. The fraction of sp³-hybridized carbons (Fsp3) is 0.467. The summed E-state index contributed by atoms with van der Waals surface area (Å²) in [7, 11) is 0. The van der Waals surface area contributed by atoms with Crippen LogP contribution in [-0.4, -0.2) is 37.0 Å². The summed E-state index contributed by atoms with van der Waals surface area (Å²) in [5, 5.41) is 18.4. The second-order valence-corrected chi connectivity index (χ2v) is 5.86. The maximum absolute atomic E-state index is 11.6. The lowest BCUT2D eigenvalue weighted by molar-refractivity contribution is -0.117. The molecule has 2 aromatic heterocycles. The molecule has 0 aromatic carbocycles. The number of nitrogens with one attached hydrogen (secondary N) is 1. The first-order chi connectivity index (χ1) is 11.6. The number of carbonyl (C=O) groups is 2. The third-order valence-electron chi connectivity index (χ3n) is 3.78. The van der Waals surface area contributed by atoms with Crippen molar-refractivity contribution < 1.29 is 9.59 Å². The fourth-order valence-electron chi connectivity index (χ4n) is 2.23. The van der Waals surface area contributed by atoms with Crippen molar-refractivity contribution in [3.05, 3.63) is 29.7 Å². The Morgan fingerprint density at radius 2 is 2.04 bits per heavy atom. The highest BCUT2D eigenvalue weighted by molar-refractivity contribution is 5.93. The molecule has 24 heavy (non-hydrogen) atoms. The number of amides is 2. The zero-order valence-corrected chi connectivity index (χ0v) is 13.2. The van der Waals surface area contributed by atoms with E-state index in [0.29, 0.717) is 12.4 Å². The number of hydrogen-bond acceptors (Lipinski definition) is 6. The predicted octanol–water partition coefficient (Wildman–Crippen LogP) is 0.538. The molecule has 9 heteroatoms. The minimum Gasteiger partial charge on any atom is -0.364 e. The normalized spacial score (nSPS) is 13.7. The van der Waals surface area contributed by atoms with Crippen LogP contribution in [0.15, 0.2) is 18.3 Å². The van der Waals surface area contributed by atoms with E-state index >= 15 is 0 Å². The topological polar surface area (TPSA) is 129 Å². The first kappa shape index (κ1) is 16.0. The number of aryl methyl sites for hydroxylation is 2. The Labute approximate surface area is 138 Å². The van der Waals surface area contributed by atoms with Crippen LogP contribution < -0.4 is 11.1 Å². The van der Waals surface area contributed by atoms with Gasteiger partial charge in [0.25, 0.3) is 5.91 Å². The number of nitrogens with zero attached hydrogens (tertiary/aromatic N) is 5. The molecule has 2 amide bonds. The number of carbonyl (C=O) groups excluding carboxylic acids is 2. The van der Waals surface area contributed by atoms with Crippen LogP contribution in [0.5, 0.6) is 0 Å². The molecule has 9 nitrogen and oxygen atoms in total. The van der Waals surface area contributed by atoms with Gasteiger partial charge in [-0.1, -0.05) is 5.21 Å². The Balaban J connectivity index is 1.39. The molecule has 3 rings (SSSR count). The van der Waals surface area contributed by atoms with Crippen LogP contribution in [0.1, 0.15) is 41.9 Å². The molecule has 0 atom stereocenters. The molecule has 0 saturated heterocycles. The molecular formula is C15H19N7O2. The molecule has 1 aliphatic carbocycles. The van der Waals surface area contributed by atoms with Crippen molar-refractivity contribution in [3.8, 4) is 0 Å².